The molecule has 0 saturated carbocycles. The number of hydrogen-bond acceptors (Lipinski definition) is 3. The number of amides is 1. The molecule has 0 fully saturated rings. The van der Waals surface area contributed by atoms with E-state index in [2.05, 4.69) is 10.5 Å². The van der Waals surface area contributed by atoms with Crippen molar-refractivity contribution >= 4 is 23.0 Å². The van der Waals surface area contributed by atoms with E-state index in [4.69, 9.17) is 4.74 Å². The molecule has 1 heterocycles. The maximum Gasteiger partial charge on any atom is 0.287 e. The maximum atomic E-state index is 12.5. The second kappa shape index (κ2) is 8.44. The van der Waals surface area contributed by atoms with Crippen molar-refractivity contribution in [2.45, 2.75) is 6.61 Å². The van der Waals surface area contributed by atoms with Crippen molar-refractivity contribution in [3.05, 3.63) is 102 Å². The van der Waals surface area contributed by atoms with Gasteiger partial charge < -0.3 is 9.30 Å². The predicted octanol–water partition coefficient (Wildman–Crippen LogP) is 4.52. The molecule has 144 valence electrons. The monoisotopic (exact) mass is 383 g/mol. The van der Waals surface area contributed by atoms with Crippen LogP contribution in [0.2, 0.25) is 0 Å². The summed E-state index contributed by atoms with van der Waals surface area (Å²) in [5.41, 5.74) is 6.10. The third-order valence-corrected chi connectivity index (χ3v) is 4.67. The molecule has 4 aromatic rings. The zero-order chi connectivity index (χ0) is 20.1. The van der Waals surface area contributed by atoms with Gasteiger partial charge in [0.1, 0.15) is 18.1 Å². The van der Waals surface area contributed by atoms with Gasteiger partial charge in [-0.1, -0.05) is 60.7 Å². The molecule has 1 aromatic heterocycles. The van der Waals surface area contributed by atoms with Gasteiger partial charge >= 0.3 is 0 Å². The SMILES string of the molecule is Cn1c(C(=O)N/N=C/c2ccccc2)cc2cc(OCc3ccccc3)ccc21. The molecule has 0 bridgehead atoms. The summed E-state index contributed by atoms with van der Waals surface area (Å²) in [5, 5.41) is 4.99. The predicted molar refractivity (Wildman–Crippen MR) is 115 cm³/mol. The Bertz CT molecular complexity index is 1150. The average Bonchev–Trinajstić information content (AvgIpc) is 3.10. The molecule has 0 spiro atoms. The summed E-state index contributed by atoms with van der Waals surface area (Å²) in [7, 11) is 1.86. The summed E-state index contributed by atoms with van der Waals surface area (Å²) in [6.45, 7) is 0.501. The Balaban J connectivity index is 1.47. The number of nitrogens with one attached hydrogen (secondary N) is 1. The van der Waals surface area contributed by atoms with Crippen LogP contribution in [0, 0.1) is 0 Å². The zero-order valence-electron chi connectivity index (χ0n) is 16.1. The van der Waals surface area contributed by atoms with Crippen molar-refractivity contribution in [1.82, 2.24) is 9.99 Å². The molecule has 1 amide bonds. The summed E-state index contributed by atoms with van der Waals surface area (Å²) in [4.78, 5) is 12.5. The van der Waals surface area contributed by atoms with Gasteiger partial charge in [-0.3, -0.25) is 4.79 Å². The van der Waals surface area contributed by atoms with E-state index < -0.39 is 0 Å². The molecule has 0 saturated heterocycles. The van der Waals surface area contributed by atoms with E-state index in [9.17, 15) is 4.79 Å². The normalized spacial score (nSPS) is 11.1. The Kier molecular flexibility index (Phi) is 5.38. The van der Waals surface area contributed by atoms with Gasteiger partial charge in [-0.25, -0.2) is 5.43 Å². The van der Waals surface area contributed by atoms with Gasteiger partial charge in [0.15, 0.2) is 0 Å². The number of benzene rings is 3. The first-order chi connectivity index (χ1) is 14.2. The number of carbonyl (C=O) groups is 1. The molecule has 0 aliphatic heterocycles. The molecule has 29 heavy (non-hydrogen) atoms. The molecule has 0 unspecified atom stereocenters. The molecular formula is C24H21N3O2. The summed E-state index contributed by atoms with van der Waals surface area (Å²) < 4.78 is 7.74. The van der Waals surface area contributed by atoms with E-state index >= 15 is 0 Å². The molecular weight excluding hydrogens is 362 g/mol. The Hall–Kier alpha value is -3.86. The smallest absolute Gasteiger partial charge is 0.287 e. The highest BCUT2D eigenvalue weighted by Crippen LogP contribution is 2.24. The number of carbonyl (C=O) groups excluding carboxylic acids is 1. The Morgan fingerprint density at radius 1 is 1.00 bits per heavy atom. The number of rotatable bonds is 6. The van der Waals surface area contributed by atoms with Crippen molar-refractivity contribution in [3.63, 3.8) is 0 Å². The first-order valence-electron chi connectivity index (χ1n) is 9.35. The Morgan fingerprint density at radius 3 is 2.48 bits per heavy atom. The Morgan fingerprint density at radius 2 is 1.72 bits per heavy atom. The third-order valence-electron chi connectivity index (χ3n) is 4.67. The minimum Gasteiger partial charge on any atom is -0.489 e. The van der Waals surface area contributed by atoms with Crippen LogP contribution in [0.1, 0.15) is 21.6 Å². The number of fused-ring (bicyclic) bond motifs is 1. The lowest BCUT2D eigenvalue weighted by atomic mass is 10.2. The Labute approximate surface area is 169 Å². The quantitative estimate of drug-likeness (QED) is 0.393. The van der Waals surface area contributed by atoms with Crippen LogP contribution in [0.5, 0.6) is 5.75 Å². The largest absolute Gasteiger partial charge is 0.489 e. The molecule has 0 radical (unpaired) electrons. The lowest BCUT2D eigenvalue weighted by Crippen LogP contribution is -2.20. The number of aromatic nitrogens is 1. The molecule has 5 nitrogen and oxygen atoms in total. The maximum absolute atomic E-state index is 12.5. The molecule has 5 heteroatoms. The van der Waals surface area contributed by atoms with Gasteiger partial charge in [0, 0.05) is 18.0 Å². The van der Waals surface area contributed by atoms with Crippen LogP contribution in [0.4, 0.5) is 0 Å². The fraction of sp³-hybridized carbons (Fsp3) is 0.0833. The van der Waals surface area contributed by atoms with E-state index in [1.807, 2.05) is 96.5 Å². The minimum atomic E-state index is -0.261. The van der Waals surface area contributed by atoms with Crippen LogP contribution < -0.4 is 10.2 Å². The van der Waals surface area contributed by atoms with Crippen LogP contribution in [0.15, 0.2) is 90.0 Å². The van der Waals surface area contributed by atoms with E-state index in [0.717, 1.165) is 27.8 Å². The fourth-order valence-electron chi connectivity index (χ4n) is 3.14. The molecule has 0 atom stereocenters. The van der Waals surface area contributed by atoms with Gasteiger partial charge in [0.05, 0.1) is 6.21 Å². The highest BCUT2D eigenvalue weighted by atomic mass is 16.5. The fourth-order valence-corrected chi connectivity index (χ4v) is 3.14. The van der Waals surface area contributed by atoms with Crippen LogP contribution in [0.3, 0.4) is 0 Å². The van der Waals surface area contributed by atoms with Gasteiger partial charge in [-0.2, -0.15) is 5.10 Å². The average molecular weight is 383 g/mol. The second-order valence-electron chi connectivity index (χ2n) is 6.69. The van der Waals surface area contributed by atoms with Gasteiger partial charge in [0.2, 0.25) is 0 Å². The standard InChI is InChI=1S/C24H21N3O2/c1-27-22-13-12-21(29-17-19-10-6-3-7-11-19)14-20(22)15-23(27)24(28)26-25-16-18-8-4-2-5-9-18/h2-16H,17H2,1H3,(H,26,28)/b25-16+. The minimum absolute atomic E-state index is 0.261. The van der Waals surface area contributed by atoms with Crippen molar-refractivity contribution in [2.24, 2.45) is 12.1 Å². The molecule has 3 aromatic carbocycles. The first kappa shape index (κ1) is 18.5. The first-order valence-corrected chi connectivity index (χ1v) is 9.35. The van der Waals surface area contributed by atoms with Gasteiger partial charge in [0.25, 0.3) is 5.91 Å². The lowest BCUT2D eigenvalue weighted by molar-refractivity contribution is 0.0947. The number of hydrazone groups is 1. The second-order valence-corrected chi connectivity index (χ2v) is 6.69. The summed E-state index contributed by atoms with van der Waals surface area (Å²) >= 11 is 0. The van der Waals surface area contributed by atoms with Crippen LogP contribution in [0.25, 0.3) is 10.9 Å². The van der Waals surface area contributed by atoms with Crippen LogP contribution >= 0.6 is 0 Å². The van der Waals surface area contributed by atoms with Crippen molar-refractivity contribution in [2.75, 3.05) is 0 Å². The van der Waals surface area contributed by atoms with Crippen LogP contribution in [-0.2, 0) is 13.7 Å². The van der Waals surface area contributed by atoms with E-state index in [-0.39, 0.29) is 5.91 Å². The van der Waals surface area contributed by atoms with Gasteiger partial charge in [-0.05, 0) is 35.4 Å². The molecule has 0 aliphatic rings. The number of hydrogen-bond donors (Lipinski definition) is 1. The lowest BCUT2D eigenvalue weighted by Gasteiger charge is -2.07. The zero-order valence-corrected chi connectivity index (χ0v) is 16.1. The van der Waals surface area contributed by atoms with E-state index in [0.29, 0.717) is 12.3 Å². The molecule has 0 aliphatic carbocycles. The van der Waals surface area contributed by atoms with Crippen molar-refractivity contribution in [1.29, 1.82) is 0 Å². The third kappa shape index (κ3) is 4.35. The number of aryl methyl sites for hydroxylation is 1. The summed E-state index contributed by atoms with van der Waals surface area (Å²) in [6, 6.07) is 27.3. The van der Waals surface area contributed by atoms with Crippen LogP contribution in [-0.4, -0.2) is 16.7 Å². The van der Waals surface area contributed by atoms with Crippen molar-refractivity contribution < 1.29 is 9.53 Å². The summed E-state index contributed by atoms with van der Waals surface area (Å²) in [5.74, 6) is 0.503. The topological polar surface area (TPSA) is 55.6 Å². The van der Waals surface area contributed by atoms with Gasteiger partial charge in [-0.15, -0.1) is 0 Å². The van der Waals surface area contributed by atoms with E-state index in [1.54, 1.807) is 6.21 Å². The number of nitrogens with zero attached hydrogens (tertiary/aromatic N) is 2. The summed E-state index contributed by atoms with van der Waals surface area (Å²) in [6.07, 6.45) is 1.62. The molecule has 4 rings (SSSR count). The number of ether oxygens (including phenoxy) is 1. The van der Waals surface area contributed by atoms with E-state index in [1.165, 1.54) is 0 Å². The van der Waals surface area contributed by atoms with Crippen molar-refractivity contribution in [3.8, 4) is 5.75 Å². The molecule has 1 N–H and O–H groups in total. The highest BCUT2D eigenvalue weighted by Gasteiger charge is 2.13. The highest BCUT2D eigenvalue weighted by molar-refractivity contribution is 5.99.